The number of hydrogen-bond donors (Lipinski definition) is 2. The van der Waals surface area contributed by atoms with Crippen LogP contribution < -0.4 is 0 Å². The van der Waals surface area contributed by atoms with Gasteiger partial charge in [0.1, 0.15) is 5.78 Å². The molecule has 3 nitrogen and oxygen atoms in total. The molecule has 4 aliphatic rings. The fourth-order valence-electron chi connectivity index (χ4n) is 6.61. The number of ketones is 1. The number of fused-ring (bicyclic) bond motifs is 5. The predicted molar refractivity (Wildman–Crippen MR) is 84.1 cm³/mol. The molecule has 3 saturated carbocycles. The van der Waals surface area contributed by atoms with Gasteiger partial charge in [-0.1, -0.05) is 25.5 Å². The second-order valence-electron chi connectivity index (χ2n) is 8.70. The van der Waals surface area contributed by atoms with Gasteiger partial charge in [0, 0.05) is 11.8 Å². The van der Waals surface area contributed by atoms with Crippen LogP contribution in [0.25, 0.3) is 0 Å². The van der Waals surface area contributed by atoms with Gasteiger partial charge in [-0.3, -0.25) is 4.79 Å². The molecule has 0 aromatic carbocycles. The number of rotatable bonds is 0. The van der Waals surface area contributed by atoms with Crippen molar-refractivity contribution in [2.24, 2.45) is 28.6 Å². The van der Waals surface area contributed by atoms with E-state index in [1.807, 2.05) is 0 Å². The van der Waals surface area contributed by atoms with E-state index < -0.39 is 0 Å². The first kappa shape index (κ1) is 14.9. The fourth-order valence-corrected chi connectivity index (χ4v) is 6.61. The molecule has 2 N–H and O–H groups in total. The van der Waals surface area contributed by atoms with Gasteiger partial charge in [0.2, 0.25) is 0 Å². The van der Waals surface area contributed by atoms with Crippen molar-refractivity contribution < 1.29 is 15.0 Å². The molecule has 7 atom stereocenters. The average molecular weight is 304 g/mol. The van der Waals surface area contributed by atoms with Crippen LogP contribution in [0.15, 0.2) is 11.6 Å². The highest BCUT2D eigenvalue weighted by Crippen LogP contribution is 2.64. The van der Waals surface area contributed by atoms with Crippen LogP contribution in [-0.4, -0.2) is 28.2 Å². The number of Topliss-reactive ketones (excluding diaryl/α,β-unsaturated/α-hetero) is 1. The Balaban J connectivity index is 1.74. The number of aliphatic hydroxyl groups is 2. The minimum atomic E-state index is -0.378. The van der Waals surface area contributed by atoms with E-state index in [9.17, 15) is 15.0 Å². The van der Waals surface area contributed by atoms with Crippen LogP contribution in [0.4, 0.5) is 0 Å². The number of carbonyl (C=O) groups excluding carboxylic acids is 1. The van der Waals surface area contributed by atoms with Crippen LogP contribution in [0.3, 0.4) is 0 Å². The first-order valence-corrected chi connectivity index (χ1v) is 8.97. The Labute approximate surface area is 132 Å². The van der Waals surface area contributed by atoms with Crippen molar-refractivity contribution in [3.05, 3.63) is 11.6 Å². The summed E-state index contributed by atoms with van der Waals surface area (Å²) in [7, 11) is 0. The maximum absolute atomic E-state index is 12.4. The van der Waals surface area contributed by atoms with Crippen molar-refractivity contribution in [1.29, 1.82) is 0 Å². The summed E-state index contributed by atoms with van der Waals surface area (Å²) in [6, 6.07) is 0. The van der Waals surface area contributed by atoms with Crippen LogP contribution in [0.2, 0.25) is 0 Å². The lowest BCUT2D eigenvalue weighted by molar-refractivity contribution is -0.146. The molecule has 4 aliphatic carbocycles. The third kappa shape index (κ3) is 1.78. The van der Waals surface area contributed by atoms with Crippen molar-refractivity contribution >= 4 is 5.78 Å². The first-order valence-electron chi connectivity index (χ1n) is 8.97. The molecule has 0 aromatic rings. The van der Waals surface area contributed by atoms with Gasteiger partial charge in [-0.2, -0.15) is 0 Å². The monoisotopic (exact) mass is 304 g/mol. The number of aliphatic hydroxyl groups excluding tert-OH is 2. The normalized spacial score (nSPS) is 54.3. The lowest BCUT2D eigenvalue weighted by atomic mass is 9.46. The van der Waals surface area contributed by atoms with Crippen LogP contribution in [0.1, 0.15) is 58.8 Å². The number of allylic oxidation sites excluding steroid dienone is 1. The Morgan fingerprint density at radius 1 is 1.09 bits per heavy atom. The summed E-state index contributed by atoms with van der Waals surface area (Å²) in [6.45, 7) is 4.40. The zero-order valence-electron chi connectivity index (χ0n) is 13.7. The molecule has 0 spiro atoms. The summed E-state index contributed by atoms with van der Waals surface area (Å²) < 4.78 is 0. The largest absolute Gasteiger partial charge is 0.393 e. The minimum absolute atomic E-state index is 0.0224. The Bertz CT molecular complexity index is 539. The molecule has 4 unspecified atom stereocenters. The zero-order valence-corrected chi connectivity index (χ0v) is 13.7. The summed E-state index contributed by atoms with van der Waals surface area (Å²) in [4.78, 5) is 12.4. The second kappa shape index (κ2) is 4.67. The Kier molecular flexibility index (Phi) is 3.16. The number of carbonyl (C=O) groups is 1. The topological polar surface area (TPSA) is 57.5 Å². The molecule has 0 amide bonds. The van der Waals surface area contributed by atoms with E-state index in [0.717, 1.165) is 32.1 Å². The molecule has 22 heavy (non-hydrogen) atoms. The molecule has 4 rings (SSSR count). The predicted octanol–water partition coefficient (Wildman–Crippen LogP) is 2.85. The van der Waals surface area contributed by atoms with Gasteiger partial charge in [0.15, 0.2) is 0 Å². The van der Waals surface area contributed by atoms with Gasteiger partial charge in [0.25, 0.3) is 0 Å². The Morgan fingerprint density at radius 2 is 1.86 bits per heavy atom. The lowest BCUT2D eigenvalue weighted by Gasteiger charge is -2.59. The minimum Gasteiger partial charge on any atom is -0.393 e. The standard InChI is InChI=1S/C19H28O3/c1-18-8-7-12(20)9-11(18)3-4-13-14-5-6-16(22)19(14,2)10-15(21)17(13)18/h9,12-15,17,20-21H,3-8,10H2,1-2H3/t12-,13?,14?,15?,17?,18+,19+/m1/s1. The summed E-state index contributed by atoms with van der Waals surface area (Å²) in [6.07, 6.45) is 7.60. The highest BCUT2D eigenvalue weighted by molar-refractivity contribution is 5.87. The van der Waals surface area contributed by atoms with E-state index in [1.54, 1.807) is 0 Å². The number of hydrogen-bond acceptors (Lipinski definition) is 3. The van der Waals surface area contributed by atoms with Gasteiger partial charge in [0.05, 0.1) is 12.2 Å². The molecule has 0 saturated heterocycles. The van der Waals surface area contributed by atoms with Crippen LogP contribution in [0, 0.1) is 28.6 Å². The molecule has 122 valence electrons. The van der Waals surface area contributed by atoms with Crippen molar-refractivity contribution in [2.45, 2.75) is 71.0 Å². The van der Waals surface area contributed by atoms with Gasteiger partial charge < -0.3 is 10.2 Å². The molecule has 0 heterocycles. The van der Waals surface area contributed by atoms with Crippen LogP contribution in [0.5, 0.6) is 0 Å². The maximum atomic E-state index is 12.4. The fraction of sp³-hybridized carbons (Fsp3) is 0.842. The summed E-state index contributed by atoms with van der Waals surface area (Å²) >= 11 is 0. The van der Waals surface area contributed by atoms with Gasteiger partial charge in [-0.05, 0) is 61.7 Å². The van der Waals surface area contributed by atoms with E-state index in [0.29, 0.717) is 30.5 Å². The van der Waals surface area contributed by atoms with Gasteiger partial charge in [-0.25, -0.2) is 0 Å². The van der Waals surface area contributed by atoms with Crippen molar-refractivity contribution in [1.82, 2.24) is 0 Å². The van der Waals surface area contributed by atoms with E-state index in [4.69, 9.17) is 0 Å². The van der Waals surface area contributed by atoms with Gasteiger partial charge >= 0.3 is 0 Å². The highest BCUT2D eigenvalue weighted by Gasteiger charge is 2.61. The third-order valence-corrected chi connectivity index (χ3v) is 7.73. The average Bonchev–Trinajstić information content (AvgIpc) is 2.75. The molecule has 0 aliphatic heterocycles. The zero-order chi connectivity index (χ0) is 15.7. The molecule has 0 bridgehead atoms. The summed E-state index contributed by atoms with van der Waals surface area (Å²) in [5.41, 5.74) is 1.10. The quantitative estimate of drug-likeness (QED) is 0.677. The Morgan fingerprint density at radius 3 is 2.64 bits per heavy atom. The second-order valence-corrected chi connectivity index (χ2v) is 8.70. The first-order chi connectivity index (χ1) is 10.4. The van der Waals surface area contributed by atoms with Crippen molar-refractivity contribution in [2.75, 3.05) is 0 Å². The SMILES string of the molecule is C[C@]12CC[C@@H](O)C=C1CCC1C2C(O)C[C@]2(C)C(=O)CCC12. The van der Waals surface area contributed by atoms with E-state index in [-0.39, 0.29) is 29.0 Å². The van der Waals surface area contributed by atoms with Crippen molar-refractivity contribution in [3.8, 4) is 0 Å². The van der Waals surface area contributed by atoms with Gasteiger partial charge in [-0.15, -0.1) is 0 Å². The molecule has 0 aromatic heterocycles. The summed E-state index contributed by atoms with van der Waals surface area (Å²) in [5, 5.41) is 20.9. The summed E-state index contributed by atoms with van der Waals surface area (Å²) in [5.74, 6) is 1.57. The van der Waals surface area contributed by atoms with E-state index in [2.05, 4.69) is 19.9 Å². The van der Waals surface area contributed by atoms with E-state index in [1.165, 1.54) is 5.57 Å². The lowest BCUT2D eigenvalue weighted by Crippen LogP contribution is -2.56. The van der Waals surface area contributed by atoms with Crippen molar-refractivity contribution in [3.63, 3.8) is 0 Å². The smallest absolute Gasteiger partial charge is 0.139 e. The highest BCUT2D eigenvalue weighted by atomic mass is 16.3. The molecule has 3 fully saturated rings. The van der Waals surface area contributed by atoms with Crippen LogP contribution >= 0.6 is 0 Å². The Hall–Kier alpha value is -0.670. The molecule has 3 heteroatoms. The maximum Gasteiger partial charge on any atom is 0.139 e. The van der Waals surface area contributed by atoms with E-state index >= 15 is 0 Å². The van der Waals surface area contributed by atoms with Crippen LogP contribution in [-0.2, 0) is 4.79 Å². The third-order valence-electron chi connectivity index (χ3n) is 7.73. The molecule has 0 radical (unpaired) electrons. The molecular weight excluding hydrogens is 276 g/mol. The molecular formula is C19H28O3.